The number of thiocarbonyl (C=S) groups is 1. The van der Waals surface area contributed by atoms with Gasteiger partial charge in [-0.2, -0.15) is 0 Å². The van der Waals surface area contributed by atoms with Crippen LogP contribution in [-0.2, 0) is 14.3 Å². The van der Waals surface area contributed by atoms with Gasteiger partial charge in [0.1, 0.15) is 6.61 Å². The average molecular weight is 238 g/mol. The number of rotatable bonds is 4. The molecule has 0 saturated carbocycles. The van der Waals surface area contributed by atoms with Gasteiger partial charge in [-0.25, -0.2) is 4.79 Å². The van der Waals surface area contributed by atoms with Crippen LogP contribution in [0.5, 0.6) is 0 Å². The van der Waals surface area contributed by atoms with Crippen LogP contribution in [-0.4, -0.2) is 35.3 Å². The minimum Gasteiger partial charge on any atom is -0.479 e. The molecule has 0 aromatic rings. The number of hydrogen-bond acceptors (Lipinski definition) is 5. The highest BCUT2D eigenvalue weighted by molar-refractivity contribution is 8.10. The minimum absolute atomic E-state index is 0.0465. The van der Waals surface area contributed by atoms with Gasteiger partial charge in [0.05, 0.1) is 13.2 Å². The Bertz CT molecular complexity index is 182. The van der Waals surface area contributed by atoms with Crippen LogP contribution >= 0.6 is 24.8 Å². The molecule has 0 aromatic heterocycles. The van der Waals surface area contributed by atoms with Gasteiger partial charge in [0.2, 0.25) is 4.38 Å². The van der Waals surface area contributed by atoms with Gasteiger partial charge in [0, 0.05) is 6.08 Å². The van der Waals surface area contributed by atoms with Gasteiger partial charge in [0.25, 0.3) is 0 Å². The first-order valence-electron chi connectivity index (χ1n) is 3.84. The van der Waals surface area contributed by atoms with Gasteiger partial charge in [-0.05, 0) is 19.1 Å². The highest BCUT2D eigenvalue weighted by atomic mass is 32.1. The lowest BCUT2D eigenvalue weighted by Gasteiger charge is -1.94. The van der Waals surface area contributed by atoms with Crippen molar-refractivity contribution >= 4 is 35.2 Å². The Labute approximate surface area is 94.3 Å². The van der Waals surface area contributed by atoms with Gasteiger partial charge < -0.3 is 14.6 Å². The van der Waals surface area contributed by atoms with Crippen LogP contribution in [0.3, 0.4) is 0 Å². The summed E-state index contributed by atoms with van der Waals surface area (Å²) in [5, 5.41) is 8.10. The van der Waals surface area contributed by atoms with E-state index in [0.717, 1.165) is 6.08 Å². The molecule has 0 amide bonds. The Kier molecular flexibility index (Phi) is 14.1. The molecule has 0 saturated heterocycles. The van der Waals surface area contributed by atoms with Crippen LogP contribution in [0.1, 0.15) is 6.92 Å². The summed E-state index contributed by atoms with van der Waals surface area (Å²) in [5.41, 5.74) is 0. The predicted molar refractivity (Wildman–Crippen MR) is 61.5 cm³/mol. The molecule has 0 bridgehead atoms. The first-order valence-corrected chi connectivity index (χ1v) is 4.69. The second-order valence-corrected chi connectivity index (χ2v) is 2.87. The highest BCUT2D eigenvalue weighted by Gasteiger charge is 1.90. The maximum absolute atomic E-state index is 10.1. The van der Waals surface area contributed by atoms with Crippen LogP contribution < -0.4 is 0 Å². The Morgan fingerprint density at radius 2 is 2.21 bits per heavy atom. The molecule has 0 aliphatic carbocycles. The molecule has 0 heterocycles. The number of thiol groups is 1. The third-order valence-corrected chi connectivity index (χ3v) is 1.02. The largest absolute Gasteiger partial charge is 0.479 e. The van der Waals surface area contributed by atoms with Gasteiger partial charge >= 0.3 is 5.97 Å². The molecule has 0 fully saturated rings. The number of ether oxygens (including phenoxy) is 2. The van der Waals surface area contributed by atoms with E-state index in [1.807, 2.05) is 6.92 Å². The fourth-order valence-electron chi connectivity index (χ4n) is 0.329. The normalized spacial score (nSPS) is 7.93. The molecular weight excluding hydrogens is 224 g/mol. The summed E-state index contributed by atoms with van der Waals surface area (Å²) in [4.78, 5) is 10.1. The number of hydrogen-bond donors (Lipinski definition) is 2. The fourth-order valence-corrected chi connectivity index (χ4v) is 0.576. The first kappa shape index (κ1) is 15.9. The van der Waals surface area contributed by atoms with E-state index < -0.39 is 5.97 Å². The molecule has 0 unspecified atom stereocenters. The fraction of sp³-hybridized carbons (Fsp3) is 0.500. The van der Waals surface area contributed by atoms with Gasteiger partial charge in [-0.15, -0.1) is 0 Å². The third-order valence-electron chi connectivity index (χ3n) is 0.770. The molecule has 0 radical (unpaired) electrons. The van der Waals surface area contributed by atoms with Gasteiger partial charge in [-0.3, -0.25) is 0 Å². The minimum atomic E-state index is -0.501. The first-order chi connectivity index (χ1) is 6.58. The molecule has 0 aliphatic heterocycles. The standard InChI is InChI=1S/C5H8O3.C3H6OS2/c1-2-5(7)8-4-3-6;1-2-4-3(5)6/h2,6H,1,3-4H2;2H2,1H3,(H,5,6). The number of aliphatic hydroxyl groups is 1. The SMILES string of the molecule is C=CC(=O)OCCO.CCOC(=S)S. The van der Waals surface area contributed by atoms with Gasteiger partial charge in [-0.1, -0.05) is 19.2 Å². The summed E-state index contributed by atoms with van der Waals surface area (Å²) < 4.78 is 9.29. The lowest BCUT2D eigenvalue weighted by Crippen LogP contribution is -2.04. The molecule has 0 atom stereocenters. The highest BCUT2D eigenvalue weighted by Crippen LogP contribution is 1.83. The molecule has 0 aliphatic rings. The van der Waals surface area contributed by atoms with Crippen LogP contribution in [0.4, 0.5) is 0 Å². The van der Waals surface area contributed by atoms with E-state index in [-0.39, 0.29) is 13.2 Å². The van der Waals surface area contributed by atoms with E-state index in [1.54, 1.807) is 0 Å². The monoisotopic (exact) mass is 238 g/mol. The molecule has 1 N–H and O–H groups in total. The second kappa shape index (κ2) is 12.4. The molecule has 0 aromatic carbocycles. The van der Waals surface area contributed by atoms with Crippen LogP contribution in [0.25, 0.3) is 0 Å². The Morgan fingerprint density at radius 3 is 2.43 bits per heavy atom. The zero-order valence-corrected chi connectivity index (χ0v) is 9.64. The molecule has 6 heteroatoms. The van der Waals surface area contributed by atoms with Crippen molar-refractivity contribution in [3.63, 3.8) is 0 Å². The predicted octanol–water partition coefficient (Wildman–Crippen LogP) is 0.945. The summed E-state index contributed by atoms with van der Waals surface area (Å²) in [5.74, 6) is -0.501. The van der Waals surface area contributed by atoms with Crippen molar-refractivity contribution in [2.45, 2.75) is 6.92 Å². The summed E-state index contributed by atoms with van der Waals surface area (Å²) >= 11 is 8.12. The van der Waals surface area contributed by atoms with Crippen molar-refractivity contribution in [2.24, 2.45) is 0 Å². The molecule has 0 spiro atoms. The van der Waals surface area contributed by atoms with Crippen molar-refractivity contribution in [3.8, 4) is 0 Å². The zero-order chi connectivity index (χ0) is 11.4. The zero-order valence-electron chi connectivity index (χ0n) is 7.93. The maximum Gasteiger partial charge on any atom is 0.330 e. The van der Waals surface area contributed by atoms with E-state index >= 15 is 0 Å². The number of esters is 1. The lowest BCUT2D eigenvalue weighted by atomic mass is 10.6. The Morgan fingerprint density at radius 1 is 1.64 bits per heavy atom. The van der Waals surface area contributed by atoms with E-state index in [2.05, 4.69) is 40.9 Å². The molecule has 82 valence electrons. The van der Waals surface area contributed by atoms with E-state index in [0.29, 0.717) is 11.0 Å². The van der Waals surface area contributed by atoms with E-state index in [1.165, 1.54) is 0 Å². The molecular formula is C8H14O4S2. The average Bonchev–Trinajstić information content (AvgIpc) is 2.15. The van der Waals surface area contributed by atoms with E-state index in [9.17, 15) is 4.79 Å². The van der Waals surface area contributed by atoms with Crippen molar-refractivity contribution in [1.82, 2.24) is 0 Å². The van der Waals surface area contributed by atoms with Crippen molar-refractivity contribution in [1.29, 1.82) is 0 Å². The number of carbonyl (C=O) groups excluding carboxylic acids is 1. The number of aliphatic hydroxyl groups excluding tert-OH is 1. The van der Waals surface area contributed by atoms with Crippen molar-refractivity contribution < 1.29 is 19.4 Å². The van der Waals surface area contributed by atoms with Crippen molar-refractivity contribution in [2.75, 3.05) is 19.8 Å². The summed E-state index contributed by atoms with van der Waals surface area (Å²) in [7, 11) is 0. The van der Waals surface area contributed by atoms with E-state index in [4.69, 9.17) is 5.11 Å². The Balaban J connectivity index is 0. The molecule has 14 heavy (non-hydrogen) atoms. The van der Waals surface area contributed by atoms with Crippen LogP contribution in [0.15, 0.2) is 12.7 Å². The van der Waals surface area contributed by atoms with Crippen LogP contribution in [0, 0.1) is 0 Å². The second-order valence-electron chi connectivity index (χ2n) is 1.79. The quantitative estimate of drug-likeness (QED) is 0.330. The topological polar surface area (TPSA) is 55.8 Å². The molecule has 0 rings (SSSR count). The maximum atomic E-state index is 10.1. The summed E-state index contributed by atoms with van der Waals surface area (Å²) in [6.45, 7) is 5.54. The van der Waals surface area contributed by atoms with Gasteiger partial charge in [0.15, 0.2) is 0 Å². The summed E-state index contributed by atoms with van der Waals surface area (Å²) in [6, 6.07) is 0. The van der Waals surface area contributed by atoms with Crippen molar-refractivity contribution in [3.05, 3.63) is 12.7 Å². The lowest BCUT2D eigenvalue weighted by molar-refractivity contribution is -0.138. The smallest absolute Gasteiger partial charge is 0.330 e. The molecule has 4 nitrogen and oxygen atoms in total. The Hall–Kier alpha value is -0.590. The van der Waals surface area contributed by atoms with Crippen LogP contribution in [0.2, 0.25) is 0 Å². The third kappa shape index (κ3) is 17.5. The summed E-state index contributed by atoms with van der Waals surface area (Å²) in [6.07, 6.45) is 1.05. The number of carbonyl (C=O) groups is 1.